The molecule has 1 aromatic heterocycles. The predicted molar refractivity (Wildman–Crippen MR) is 98.8 cm³/mol. The fourth-order valence-electron chi connectivity index (χ4n) is 2.94. The molecule has 1 N–H and O–H groups in total. The number of rotatable bonds is 4. The van der Waals surface area contributed by atoms with Crippen molar-refractivity contribution in [2.75, 3.05) is 38.1 Å². The first-order valence-electron chi connectivity index (χ1n) is 8.65. The molecule has 0 atom stereocenters. The molecule has 1 amide bonds. The molecule has 6 nitrogen and oxygen atoms in total. The molecular formula is C19H25N5O. The van der Waals surface area contributed by atoms with Gasteiger partial charge in [-0.25, -0.2) is 9.97 Å². The van der Waals surface area contributed by atoms with Gasteiger partial charge < -0.3 is 15.1 Å². The largest absolute Gasteiger partial charge is 0.354 e. The summed E-state index contributed by atoms with van der Waals surface area (Å²) in [5, 5.41) is 2.96. The molecule has 0 saturated carbocycles. The molecule has 6 heteroatoms. The highest BCUT2D eigenvalue weighted by Crippen LogP contribution is 2.15. The van der Waals surface area contributed by atoms with Crippen LogP contribution in [0.3, 0.4) is 0 Å². The van der Waals surface area contributed by atoms with Gasteiger partial charge in [0.1, 0.15) is 17.3 Å². The Labute approximate surface area is 148 Å². The van der Waals surface area contributed by atoms with Crippen molar-refractivity contribution in [1.29, 1.82) is 0 Å². The molecule has 1 fully saturated rings. The van der Waals surface area contributed by atoms with E-state index < -0.39 is 0 Å². The monoisotopic (exact) mass is 339 g/mol. The van der Waals surface area contributed by atoms with Crippen molar-refractivity contribution >= 4 is 11.7 Å². The van der Waals surface area contributed by atoms with Crippen molar-refractivity contribution in [2.24, 2.45) is 0 Å². The first-order valence-corrected chi connectivity index (χ1v) is 8.65. The Kier molecular flexibility index (Phi) is 5.28. The minimum atomic E-state index is -0.163. The molecular weight excluding hydrogens is 314 g/mol. The molecule has 132 valence electrons. The second-order valence-corrected chi connectivity index (χ2v) is 6.56. The first kappa shape index (κ1) is 17.4. The van der Waals surface area contributed by atoms with Gasteiger partial charge in [0.05, 0.1) is 0 Å². The maximum atomic E-state index is 12.5. The molecule has 0 aliphatic carbocycles. The van der Waals surface area contributed by atoms with E-state index in [1.165, 1.54) is 5.56 Å². The molecule has 1 saturated heterocycles. The van der Waals surface area contributed by atoms with E-state index in [0.717, 1.165) is 37.6 Å². The normalized spacial score (nSPS) is 15.2. The summed E-state index contributed by atoms with van der Waals surface area (Å²) in [6.45, 7) is 8.20. The van der Waals surface area contributed by atoms with Gasteiger partial charge in [0, 0.05) is 38.8 Å². The molecule has 3 rings (SSSR count). The summed E-state index contributed by atoms with van der Waals surface area (Å²) in [7, 11) is 2.12. The van der Waals surface area contributed by atoms with Gasteiger partial charge in [0.2, 0.25) is 0 Å². The lowest BCUT2D eigenvalue weighted by atomic mass is 10.1. The van der Waals surface area contributed by atoms with Gasteiger partial charge in [-0.3, -0.25) is 4.79 Å². The van der Waals surface area contributed by atoms with Gasteiger partial charge in [-0.2, -0.15) is 0 Å². The minimum Gasteiger partial charge on any atom is -0.354 e. The van der Waals surface area contributed by atoms with E-state index in [-0.39, 0.29) is 5.91 Å². The summed E-state index contributed by atoms with van der Waals surface area (Å²) < 4.78 is 0. The summed E-state index contributed by atoms with van der Waals surface area (Å²) in [4.78, 5) is 25.9. The third kappa shape index (κ3) is 4.33. The molecule has 0 radical (unpaired) electrons. The summed E-state index contributed by atoms with van der Waals surface area (Å²) in [5.41, 5.74) is 2.70. The Hall–Kier alpha value is -2.47. The molecule has 0 spiro atoms. The summed E-state index contributed by atoms with van der Waals surface area (Å²) in [6, 6.07) is 9.84. The van der Waals surface area contributed by atoms with E-state index in [1.54, 1.807) is 6.07 Å². The average Bonchev–Trinajstić information content (AvgIpc) is 2.61. The van der Waals surface area contributed by atoms with Crippen LogP contribution in [-0.4, -0.2) is 54.0 Å². The average molecular weight is 339 g/mol. The van der Waals surface area contributed by atoms with Crippen LogP contribution >= 0.6 is 0 Å². The van der Waals surface area contributed by atoms with Crippen LogP contribution in [0.1, 0.15) is 27.4 Å². The van der Waals surface area contributed by atoms with E-state index in [1.807, 2.05) is 38.1 Å². The van der Waals surface area contributed by atoms with E-state index >= 15 is 0 Å². The Bertz CT molecular complexity index is 753. The van der Waals surface area contributed by atoms with Crippen molar-refractivity contribution < 1.29 is 4.79 Å². The van der Waals surface area contributed by atoms with Crippen molar-refractivity contribution in [2.45, 2.75) is 20.4 Å². The van der Waals surface area contributed by atoms with Gasteiger partial charge in [0.15, 0.2) is 0 Å². The van der Waals surface area contributed by atoms with E-state index in [2.05, 4.69) is 32.1 Å². The molecule has 1 aromatic carbocycles. The molecule has 1 aliphatic rings. The lowest BCUT2D eigenvalue weighted by Gasteiger charge is -2.33. The number of aryl methyl sites for hydroxylation is 2. The van der Waals surface area contributed by atoms with Crippen LogP contribution in [-0.2, 0) is 6.54 Å². The van der Waals surface area contributed by atoms with Gasteiger partial charge in [-0.05, 0) is 32.0 Å². The van der Waals surface area contributed by atoms with Crippen LogP contribution in [0.4, 0.5) is 5.82 Å². The number of benzene rings is 1. The Balaban J connectivity index is 1.71. The first-order chi connectivity index (χ1) is 12.0. The van der Waals surface area contributed by atoms with E-state index in [4.69, 9.17) is 0 Å². The maximum absolute atomic E-state index is 12.5. The number of carbonyl (C=O) groups excluding carboxylic acids is 1. The van der Waals surface area contributed by atoms with Crippen molar-refractivity contribution in [3.8, 4) is 0 Å². The highest BCUT2D eigenvalue weighted by Gasteiger charge is 2.18. The number of aromatic nitrogens is 2. The van der Waals surface area contributed by atoms with E-state index in [0.29, 0.717) is 18.1 Å². The van der Waals surface area contributed by atoms with Crippen molar-refractivity contribution in [3.05, 3.63) is 53.0 Å². The lowest BCUT2D eigenvalue weighted by molar-refractivity contribution is 0.0945. The number of piperazine rings is 1. The SMILES string of the molecule is Cc1nc(C(=O)NCc2ccccc2C)cc(N2CCN(C)CC2)n1. The second kappa shape index (κ2) is 7.61. The molecule has 2 heterocycles. The summed E-state index contributed by atoms with van der Waals surface area (Å²) in [5.74, 6) is 1.29. The molecule has 25 heavy (non-hydrogen) atoms. The maximum Gasteiger partial charge on any atom is 0.270 e. The number of amides is 1. The van der Waals surface area contributed by atoms with Crippen LogP contribution in [0.25, 0.3) is 0 Å². The smallest absolute Gasteiger partial charge is 0.270 e. The summed E-state index contributed by atoms with van der Waals surface area (Å²) >= 11 is 0. The van der Waals surface area contributed by atoms with E-state index in [9.17, 15) is 4.79 Å². The van der Waals surface area contributed by atoms with Gasteiger partial charge >= 0.3 is 0 Å². The quantitative estimate of drug-likeness (QED) is 0.920. The van der Waals surface area contributed by atoms with Gasteiger partial charge in [-0.1, -0.05) is 24.3 Å². The Morgan fingerprint density at radius 1 is 1.12 bits per heavy atom. The van der Waals surface area contributed by atoms with Crippen molar-refractivity contribution in [1.82, 2.24) is 20.2 Å². The second-order valence-electron chi connectivity index (χ2n) is 6.56. The predicted octanol–water partition coefficient (Wildman–Crippen LogP) is 1.78. The van der Waals surface area contributed by atoms with Gasteiger partial charge in [0.25, 0.3) is 5.91 Å². The van der Waals surface area contributed by atoms with Crippen LogP contribution in [0.5, 0.6) is 0 Å². The van der Waals surface area contributed by atoms with Crippen LogP contribution < -0.4 is 10.2 Å². The Morgan fingerprint density at radius 3 is 2.56 bits per heavy atom. The standard InChI is InChI=1S/C19H25N5O/c1-14-6-4-5-7-16(14)13-20-19(25)17-12-18(22-15(2)21-17)24-10-8-23(3)9-11-24/h4-7,12H,8-11,13H2,1-3H3,(H,20,25). The summed E-state index contributed by atoms with van der Waals surface area (Å²) in [6.07, 6.45) is 0. The minimum absolute atomic E-state index is 0.163. The van der Waals surface area contributed by atoms with Crippen LogP contribution in [0.15, 0.2) is 30.3 Å². The Morgan fingerprint density at radius 2 is 1.84 bits per heavy atom. The fourth-order valence-corrected chi connectivity index (χ4v) is 2.94. The number of nitrogens with one attached hydrogen (secondary N) is 1. The number of anilines is 1. The van der Waals surface area contributed by atoms with Gasteiger partial charge in [-0.15, -0.1) is 0 Å². The number of hydrogen-bond acceptors (Lipinski definition) is 5. The zero-order valence-corrected chi connectivity index (χ0v) is 15.1. The molecule has 1 aliphatic heterocycles. The van der Waals surface area contributed by atoms with Crippen molar-refractivity contribution in [3.63, 3.8) is 0 Å². The molecule has 2 aromatic rings. The number of likely N-dealkylation sites (N-methyl/N-ethyl adjacent to an activating group) is 1. The topological polar surface area (TPSA) is 61.4 Å². The van der Waals surface area contributed by atoms with Crippen LogP contribution in [0, 0.1) is 13.8 Å². The third-order valence-electron chi connectivity index (χ3n) is 4.58. The third-order valence-corrected chi connectivity index (χ3v) is 4.58. The lowest BCUT2D eigenvalue weighted by Crippen LogP contribution is -2.45. The zero-order valence-electron chi connectivity index (χ0n) is 15.1. The highest BCUT2D eigenvalue weighted by atomic mass is 16.1. The fraction of sp³-hybridized carbons (Fsp3) is 0.421. The molecule has 0 unspecified atom stereocenters. The van der Waals surface area contributed by atoms with Crippen LogP contribution in [0.2, 0.25) is 0 Å². The number of nitrogens with zero attached hydrogens (tertiary/aromatic N) is 4. The zero-order chi connectivity index (χ0) is 17.8. The molecule has 0 bridgehead atoms. The number of carbonyl (C=O) groups is 1. The number of hydrogen-bond donors (Lipinski definition) is 1. The highest BCUT2D eigenvalue weighted by molar-refractivity contribution is 5.92.